The topological polar surface area (TPSA) is 187 Å². The molecule has 508 valence electrons. The van der Waals surface area contributed by atoms with Gasteiger partial charge in [-0.2, -0.15) is 0 Å². The second kappa shape index (κ2) is 76.3. The number of hydrogen-bond acceptors (Lipinski definition) is 15. The van der Waals surface area contributed by atoms with Gasteiger partial charge in [-0.1, -0.05) is 265 Å². The molecular weight excluding hydrogens is 1080 g/mol. The minimum Gasteiger partial charge on any atom is -0.466 e. The predicted octanol–water partition coefficient (Wildman–Crippen LogP) is 18.6. The molecule has 4 atom stereocenters. The molecule has 0 aromatic heterocycles. The van der Waals surface area contributed by atoms with Crippen LogP contribution in [0.2, 0.25) is 0 Å². The largest absolute Gasteiger partial charge is 0.466 e. The summed E-state index contributed by atoms with van der Waals surface area (Å²) in [4.78, 5) is 83.9. The number of unbranched alkanes of at least 4 members (excludes halogenated alkanes) is 21. The van der Waals surface area contributed by atoms with E-state index in [-0.39, 0.29) is 55.9 Å². The molecule has 85 heavy (non-hydrogen) atoms. The summed E-state index contributed by atoms with van der Waals surface area (Å²) in [5.74, 6) is -1.52. The molecule has 0 aromatic rings. The fourth-order valence-corrected chi connectivity index (χ4v) is 7.64. The minimum absolute atomic E-state index is 0.0251. The van der Waals surface area contributed by atoms with Crippen LogP contribution in [-0.2, 0) is 66.7 Å². The smallest absolute Gasteiger partial charge is 0.320 e. The van der Waals surface area contributed by atoms with Crippen molar-refractivity contribution < 1.29 is 66.7 Å². The zero-order valence-electron chi connectivity index (χ0n) is 58.7. The van der Waals surface area contributed by atoms with Crippen LogP contribution in [0.25, 0.3) is 0 Å². The van der Waals surface area contributed by atoms with Gasteiger partial charge in [-0.25, -0.2) is 0 Å². The first-order chi connectivity index (χ1) is 40.9. The fourth-order valence-electron chi connectivity index (χ4n) is 7.64. The Hall–Kier alpha value is -3.75. The van der Waals surface area contributed by atoms with Gasteiger partial charge in [0.1, 0.15) is 12.2 Å². The van der Waals surface area contributed by atoms with Gasteiger partial charge < -0.3 is 33.2 Å². The van der Waals surface area contributed by atoms with Gasteiger partial charge in [-0.05, 0) is 56.8 Å². The van der Waals surface area contributed by atoms with Gasteiger partial charge in [-0.15, -0.1) is 0 Å². The zero-order chi connectivity index (χ0) is 65.6. The molecule has 15 heteroatoms. The molecule has 4 unspecified atom stereocenters. The molecule has 0 N–H and O–H groups in total. The SMILES string of the molecule is CC.CCCC.CCCCCCCCOC(=O)CC.CCCCCCCCOC(=O)CC(C)CC.CCCCCCCCOC(=O)CN(CC(=O)OCCCCCCCC)CC(=O)OC(CC(C)CC)C(CC)OC(=O)CC.CCCOC(C)=O. The van der Waals surface area contributed by atoms with Crippen LogP contribution in [0.5, 0.6) is 0 Å². The number of hydrogen-bond donors (Lipinski definition) is 0. The number of ether oxygens (including phenoxy) is 7. The molecule has 0 amide bonds. The first-order valence-electron chi connectivity index (χ1n) is 34.8. The molecule has 0 aliphatic rings. The van der Waals surface area contributed by atoms with Crippen LogP contribution in [-0.4, -0.2) is 112 Å². The summed E-state index contributed by atoms with van der Waals surface area (Å²) in [6.45, 7) is 35.9. The third-order valence-corrected chi connectivity index (χ3v) is 13.6. The van der Waals surface area contributed by atoms with Crippen LogP contribution in [0.4, 0.5) is 0 Å². The quantitative estimate of drug-likeness (QED) is 0.0318. The maximum Gasteiger partial charge on any atom is 0.320 e. The van der Waals surface area contributed by atoms with Gasteiger partial charge in [0.05, 0.1) is 52.7 Å². The summed E-state index contributed by atoms with van der Waals surface area (Å²) in [6.07, 6.45) is 34.3. The third kappa shape index (κ3) is 78.2. The normalized spacial score (nSPS) is 11.7. The van der Waals surface area contributed by atoms with Crippen LogP contribution in [0, 0.1) is 11.8 Å². The van der Waals surface area contributed by atoms with Gasteiger partial charge in [0.25, 0.3) is 0 Å². The fraction of sp³-hybridized carbons (Fsp3) is 0.900. The van der Waals surface area contributed by atoms with E-state index in [2.05, 4.69) is 74.0 Å². The Bertz CT molecular complexity index is 1430. The van der Waals surface area contributed by atoms with Crippen molar-refractivity contribution in [2.45, 2.75) is 348 Å². The molecule has 0 spiro atoms. The van der Waals surface area contributed by atoms with E-state index >= 15 is 0 Å². The van der Waals surface area contributed by atoms with E-state index in [1.165, 1.54) is 127 Å². The van der Waals surface area contributed by atoms with Crippen molar-refractivity contribution in [1.82, 2.24) is 4.90 Å². The Morgan fingerprint density at radius 3 is 0.953 bits per heavy atom. The van der Waals surface area contributed by atoms with Crippen molar-refractivity contribution in [3.63, 3.8) is 0 Å². The zero-order valence-corrected chi connectivity index (χ0v) is 58.7. The average Bonchev–Trinajstić information content (AvgIpc) is 3.58. The van der Waals surface area contributed by atoms with E-state index in [0.29, 0.717) is 64.6 Å². The van der Waals surface area contributed by atoms with Gasteiger partial charge >= 0.3 is 41.8 Å². The molecule has 15 nitrogen and oxygen atoms in total. The highest BCUT2D eigenvalue weighted by molar-refractivity contribution is 5.78. The lowest BCUT2D eigenvalue weighted by Gasteiger charge is -2.29. The third-order valence-electron chi connectivity index (χ3n) is 13.6. The van der Waals surface area contributed by atoms with Crippen molar-refractivity contribution in [3.05, 3.63) is 0 Å². The number of rotatable bonds is 49. The lowest BCUT2D eigenvalue weighted by atomic mass is 9.96. The highest BCUT2D eigenvalue weighted by atomic mass is 16.6. The molecule has 0 saturated heterocycles. The van der Waals surface area contributed by atoms with Crippen molar-refractivity contribution in [2.75, 3.05) is 52.7 Å². The van der Waals surface area contributed by atoms with Crippen molar-refractivity contribution in [2.24, 2.45) is 11.8 Å². The number of esters is 7. The van der Waals surface area contributed by atoms with E-state index in [1.807, 2.05) is 34.6 Å². The van der Waals surface area contributed by atoms with Gasteiger partial charge in [0, 0.05) is 26.2 Å². The lowest BCUT2D eigenvalue weighted by molar-refractivity contribution is -0.171. The minimum atomic E-state index is -0.621. The summed E-state index contributed by atoms with van der Waals surface area (Å²) in [5.41, 5.74) is 0. The Morgan fingerprint density at radius 2 is 0.647 bits per heavy atom. The monoisotopic (exact) mass is 1220 g/mol. The summed E-state index contributed by atoms with van der Waals surface area (Å²) < 4.78 is 36.9. The molecule has 0 fully saturated rings. The van der Waals surface area contributed by atoms with E-state index in [4.69, 9.17) is 28.4 Å². The first kappa shape index (κ1) is 92.4. The summed E-state index contributed by atoms with van der Waals surface area (Å²) in [5, 5.41) is 0. The average molecular weight is 1220 g/mol. The maximum absolute atomic E-state index is 13.1. The summed E-state index contributed by atoms with van der Waals surface area (Å²) in [7, 11) is 0. The number of nitrogens with zero attached hydrogens (tertiary/aromatic N) is 1. The Balaban J connectivity index is -0.000000298. The molecule has 0 bridgehead atoms. The molecule has 0 aliphatic heterocycles. The van der Waals surface area contributed by atoms with Crippen LogP contribution >= 0.6 is 0 Å². The van der Waals surface area contributed by atoms with Crippen molar-refractivity contribution in [3.8, 4) is 0 Å². The van der Waals surface area contributed by atoms with E-state index < -0.39 is 30.1 Å². The maximum atomic E-state index is 13.1. The Morgan fingerprint density at radius 1 is 0.318 bits per heavy atom. The molecule has 0 rings (SSSR count). The van der Waals surface area contributed by atoms with Crippen molar-refractivity contribution in [1.29, 1.82) is 0 Å². The highest BCUT2D eigenvalue weighted by Crippen LogP contribution is 2.21. The highest BCUT2D eigenvalue weighted by Gasteiger charge is 2.30. The van der Waals surface area contributed by atoms with E-state index in [1.54, 1.807) is 6.92 Å². The van der Waals surface area contributed by atoms with Crippen molar-refractivity contribution >= 4 is 41.8 Å². The molecule has 0 aromatic carbocycles. The Labute approximate surface area is 524 Å². The standard InChI is InChI=1S/C34H63NO8.C14H28O2.C11H22O2.C5H10O2.C4H10.C2H6/c1-7-12-14-16-18-20-22-40-32(37)25-35(26-33(38)41-23-21-19-17-15-13-8-2)27-34(39)43-30(24-28(6)9-3)29(10-4)42-31(36)11-5;1-4-6-7-8-9-10-11-16-14(15)12-13(3)5-2;1-3-5-6-7-8-9-10-13-11(12)4-2;1-3-4-7-5(2)6;1-3-4-2;1-2/h28-30H,7-27H2,1-6H3;13H,4-12H2,1-3H3;3-10H2,1-2H3;3-4H2,1-2H3;3-4H2,1-2H3;1-2H3. The molecule has 0 heterocycles. The Kier molecular flexibility index (Phi) is 83.0. The second-order valence-corrected chi connectivity index (χ2v) is 22.1. The van der Waals surface area contributed by atoms with Crippen LogP contribution in [0.3, 0.4) is 0 Å². The van der Waals surface area contributed by atoms with E-state index in [0.717, 1.165) is 70.6 Å². The molecule has 0 aliphatic carbocycles. The first-order valence-corrected chi connectivity index (χ1v) is 34.8. The van der Waals surface area contributed by atoms with Gasteiger partial charge in [-0.3, -0.25) is 38.5 Å². The van der Waals surface area contributed by atoms with Crippen LogP contribution in [0.15, 0.2) is 0 Å². The predicted molar refractivity (Wildman–Crippen MR) is 351 cm³/mol. The summed E-state index contributed by atoms with van der Waals surface area (Å²) >= 11 is 0. The van der Waals surface area contributed by atoms with Gasteiger partial charge in [0.15, 0.2) is 0 Å². The van der Waals surface area contributed by atoms with Crippen LogP contribution in [0.1, 0.15) is 336 Å². The van der Waals surface area contributed by atoms with E-state index in [9.17, 15) is 33.6 Å². The molecule has 0 saturated carbocycles. The number of carbonyl (C=O) groups is 7. The number of carbonyl (C=O) groups excluding carboxylic acids is 7. The molecular formula is C70H139NO14. The van der Waals surface area contributed by atoms with Gasteiger partial charge in [0.2, 0.25) is 0 Å². The van der Waals surface area contributed by atoms with Crippen LogP contribution < -0.4 is 0 Å². The lowest BCUT2D eigenvalue weighted by Crippen LogP contribution is -2.43. The second-order valence-electron chi connectivity index (χ2n) is 22.1. The summed E-state index contributed by atoms with van der Waals surface area (Å²) in [6, 6.07) is 0. The molecule has 0 radical (unpaired) electrons.